The van der Waals surface area contributed by atoms with Crippen LogP contribution in [-0.2, 0) is 14.8 Å². The lowest BCUT2D eigenvalue weighted by atomic mass is 9.77. The number of carboxylic acid groups (broad SMARTS) is 1. The Kier molecular flexibility index (Phi) is 4.14. The summed E-state index contributed by atoms with van der Waals surface area (Å²) in [5.41, 5.74) is -0.968. The smallest absolute Gasteiger partial charge is 0.310 e. The Morgan fingerprint density at radius 1 is 1.60 bits per heavy atom. The highest BCUT2D eigenvalue weighted by atomic mass is 32.2. The van der Waals surface area contributed by atoms with Crippen molar-refractivity contribution < 1.29 is 18.3 Å². The molecule has 1 aromatic rings. The van der Waals surface area contributed by atoms with Gasteiger partial charge in [-0.05, 0) is 19.3 Å². The highest BCUT2D eigenvalue weighted by molar-refractivity contribution is 7.89. The van der Waals surface area contributed by atoms with E-state index in [1.807, 2.05) is 6.92 Å². The molecule has 0 amide bonds. The zero-order valence-corrected chi connectivity index (χ0v) is 12.2. The van der Waals surface area contributed by atoms with Crippen molar-refractivity contribution >= 4 is 16.0 Å². The maximum absolute atomic E-state index is 12.4. The molecule has 1 fully saturated rings. The summed E-state index contributed by atoms with van der Waals surface area (Å²) in [6.45, 7) is 2.30. The molecule has 0 spiro atoms. The summed E-state index contributed by atoms with van der Waals surface area (Å²) in [7, 11) is -3.67. The van der Waals surface area contributed by atoms with Crippen LogP contribution in [0, 0.1) is 5.41 Å². The molecular formula is C12H19N3O4S. The number of carbonyl (C=O) groups is 1. The summed E-state index contributed by atoms with van der Waals surface area (Å²) in [4.78, 5) is 11.7. The van der Waals surface area contributed by atoms with Gasteiger partial charge in [0.25, 0.3) is 0 Å². The Labute approximate surface area is 118 Å². The number of H-pyrrole nitrogens is 1. The van der Waals surface area contributed by atoms with Crippen molar-refractivity contribution in [1.82, 2.24) is 14.5 Å². The second-order valence-corrected chi connectivity index (χ2v) is 7.15. The van der Waals surface area contributed by atoms with Crippen molar-refractivity contribution in [3.63, 3.8) is 0 Å². The van der Waals surface area contributed by atoms with Gasteiger partial charge in [0, 0.05) is 19.3 Å². The van der Waals surface area contributed by atoms with Crippen molar-refractivity contribution in [2.45, 2.75) is 37.5 Å². The number of aromatic nitrogens is 2. The summed E-state index contributed by atoms with van der Waals surface area (Å²) in [5, 5.41) is 15.6. The Morgan fingerprint density at radius 3 is 2.90 bits per heavy atom. The fourth-order valence-corrected chi connectivity index (χ4v) is 4.26. The minimum atomic E-state index is -3.67. The Morgan fingerprint density at radius 2 is 2.35 bits per heavy atom. The molecule has 0 aliphatic carbocycles. The first-order chi connectivity index (χ1) is 9.42. The molecule has 1 atom stereocenters. The van der Waals surface area contributed by atoms with Crippen LogP contribution in [-0.4, -0.2) is 47.1 Å². The molecule has 2 heterocycles. The molecule has 0 aromatic carbocycles. The van der Waals surface area contributed by atoms with Gasteiger partial charge in [-0.25, -0.2) is 8.42 Å². The third-order valence-corrected chi connectivity index (χ3v) is 5.65. The summed E-state index contributed by atoms with van der Waals surface area (Å²) in [5.74, 6) is -0.911. The summed E-state index contributed by atoms with van der Waals surface area (Å²) < 4.78 is 26.1. The molecule has 1 aliphatic rings. The number of carboxylic acids is 1. The third kappa shape index (κ3) is 2.57. The predicted octanol–water partition coefficient (Wildman–Crippen LogP) is 1.07. The zero-order chi connectivity index (χ0) is 14.8. The van der Waals surface area contributed by atoms with Gasteiger partial charge in [-0.3, -0.25) is 9.89 Å². The SMILES string of the molecule is CCCC1(C(=O)O)CCCN(S(=O)(=O)c2cn[nH]c2)C1. The van der Waals surface area contributed by atoms with Crippen molar-refractivity contribution in [2.75, 3.05) is 13.1 Å². The number of hydrogen-bond acceptors (Lipinski definition) is 4. The van der Waals surface area contributed by atoms with Gasteiger partial charge < -0.3 is 5.11 Å². The fraction of sp³-hybridized carbons (Fsp3) is 0.667. The van der Waals surface area contributed by atoms with E-state index in [1.54, 1.807) is 0 Å². The monoisotopic (exact) mass is 301 g/mol. The quantitative estimate of drug-likeness (QED) is 0.846. The van der Waals surface area contributed by atoms with Crippen LogP contribution in [0.3, 0.4) is 0 Å². The number of nitrogens with one attached hydrogen (secondary N) is 1. The van der Waals surface area contributed by atoms with Gasteiger partial charge in [0.1, 0.15) is 4.90 Å². The van der Waals surface area contributed by atoms with E-state index in [9.17, 15) is 18.3 Å². The zero-order valence-electron chi connectivity index (χ0n) is 11.4. The minimum absolute atomic E-state index is 0.0314. The molecule has 20 heavy (non-hydrogen) atoms. The van der Waals surface area contributed by atoms with Gasteiger partial charge in [0.2, 0.25) is 10.0 Å². The average Bonchev–Trinajstić information content (AvgIpc) is 2.93. The van der Waals surface area contributed by atoms with Crippen LogP contribution in [0.25, 0.3) is 0 Å². The van der Waals surface area contributed by atoms with Crippen LogP contribution >= 0.6 is 0 Å². The van der Waals surface area contributed by atoms with Gasteiger partial charge in [0.05, 0.1) is 11.6 Å². The largest absolute Gasteiger partial charge is 0.481 e. The molecule has 0 saturated carbocycles. The van der Waals surface area contributed by atoms with E-state index in [0.717, 1.165) is 0 Å². The predicted molar refractivity (Wildman–Crippen MR) is 71.6 cm³/mol. The average molecular weight is 301 g/mol. The van der Waals surface area contributed by atoms with Crippen LogP contribution in [0.2, 0.25) is 0 Å². The Hall–Kier alpha value is -1.41. The van der Waals surface area contributed by atoms with E-state index < -0.39 is 21.4 Å². The number of nitrogens with zero attached hydrogens (tertiary/aromatic N) is 2. The van der Waals surface area contributed by atoms with Gasteiger partial charge in [-0.1, -0.05) is 13.3 Å². The first kappa shape index (κ1) is 15.0. The van der Waals surface area contributed by atoms with Gasteiger partial charge in [0.15, 0.2) is 0 Å². The molecule has 1 unspecified atom stereocenters. The van der Waals surface area contributed by atoms with Crippen LogP contribution in [0.5, 0.6) is 0 Å². The van der Waals surface area contributed by atoms with Gasteiger partial charge >= 0.3 is 5.97 Å². The number of aliphatic carboxylic acids is 1. The number of sulfonamides is 1. The summed E-state index contributed by atoms with van der Waals surface area (Å²) in [6, 6.07) is 0. The first-order valence-electron chi connectivity index (χ1n) is 6.65. The fourth-order valence-electron chi connectivity index (χ4n) is 2.79. The lowest BCUT2D eigenvalue weighted by Crippen LogP contribution is -2.49. The van der Waals surface area contributed by atoms with Crippen LogP contribution in [0.4, 0.5) is 0 Å². The molecule has 2 N–H and O–H groups in total. The lowest BCUT2D eigenvalue weighted by molar-refractivity contribution is -0.151. The molecule has 2 rings (SSSR count). The van der Waals surface area contributed by atoms with E-state index in [4.69, 9.17) is 0 Å². The topological polar surface area (TPSA) is 103 Å². The minimum Gasteiger partial charge on any atom is -0.481 e. The highest BCUT2D eigenvalue weighted by Gasteiger charge is 2.45. The number of hydrogen-bond donors (Lipinski definition) is 2. The van der Waals surface area contributed by atoms with E-state index in [2.05, 4.69) is 10.2 Å². The third-order valence-electron chi connectivity index (χ3n) is 3.84. The van der Waals surface area contributed by atoms with Gasteiger partial charge in [-0.15, -0.1) is 0 Å². The second kappa shape index (κ2) is 5.53. The van der Waals surface area contributed by atoms with Crippen LogP contribution in [0.1, 0.15) is 32.6 Å². The second-order valence-electron chi connectivity index (χ2n) is 5.21. The molecule has 7 nitrogen and oxygen atoms in total. The molecule has 1 aliphatic heterocycles. The standard InChI is InChI=1S/C12H19N3O4S/c1-2-4-12(11(16)17)5-3-6-15(9-12)20(18,19)10-7-13-14-8-10/h7-8H,2-6,9H2,1H3,(H,13,14)(H,16,17). The Balaban J connectivity index is 2.28. The molecule has 0 radical (unpaired) electrons. The normalized spacial score (nSPS) is 24.6. The Bertz CT molecular complexity index is 566. The van der Waals surface area contributed by atoms with E-state index >= 15 is 0 Å². The molecule has 8 heteroatoms. The molecule has 1 aromatic heterocycles. The molecule has 0 bridgehead atoms. The lowest BCUT2D eigenvalue weighted by Gasteiger charge is -2.38. The van der Waals surface area contributed by atoms with E-state index in [-0.39, 0.29) is 11.4 Å². The van der Waals surface area contributed by atoms with Gasteiger partial charge in [-0.2, -0.15) is 9.40 Å². The van der Waals surface area contributed by atoms with Crippen LogP contribution in [0.15, 0.2) is 17.3 Å². The van der Waals surface area contributed by atoms with Crippen molar-refractivity contribution in [3.05, 3.63) is 12.4 Å². The van der Waals surface area contributed by atoms with E-state index in [0.29, 0.717) is 32.2 Å². The molecular weight excluding hydrogens is 282 g/mol. The van der Waals surface area contributed by atoms with Crippen molar-refractivity contribution in [1.29, 1.82) is 0 Å². The summed E-state index contributed by atoms with van der Waals surface area (Å²) >= 11 is 0. The number of aromatic amines is 1. The van der Waals surface area contributed by atoms with Crippen molar-refractivity contribution in [3.8, 4) is 0 Å². The maximum Gasteiger partial charge on any atom is 0.310 e. The summed E-state index contributed by atoms with van der Waals surface area (Å²) in [6.07, 6.45) is 4.83. The molecule has 1 saturated heterocycles. The highest BCUT2D eigenvalue weighted by Crippen LogP contribution is 2.37. The maximum atomic E-state index is 12.4. The number of piperidine rings is 1. The van der Waals surface area contributed by atoms with Crippen molar-refractivity contribution in [2.24, 2.45) is 5.41 Å². The number of rotatable bonds is 5. The molecule has 112 valence electrons. The van der Waals surface area contributed by atoms with E-state index in [1.165, 1.54) is 16.7 Å². The first-order valence-corrected chi connectivity index (χ1v) is 8.09. The van der Waals surface area contributed by atoms with Crippen LogP contribution < -0.4 is 0 Å².